The summed E-state index contributed by atoms with van der Waals surface area (Å²) >= 11 is 0. The Morgan fingerprint density at radius 1 is 1.22 bits per heavy atom. The summed E-state index contributed by atoms with van der Waals surface area (Å²) in [5.41, 5.74) is 3.31. The molecule has 0 radical (unpaired) electrons. The quantitative estimate of drug-likeness (QED) is 0.576. The second kappa shape index (κ2) is 8.70. The summed E-state index contributed by atoms with van der Waals surface area (Å²) in [5, 5.41) is 6.43. The van der Waals surface area contributed by atoms with Crippen LogP contribution < -0.4 is 20.1 Å². The van der Waals surface area contributed by atoms with Crippen molar-refractivity contribution in [1.82, 2.24) is 10.6 Å². The standard InChI is InChI=1S/C20H23F2N3O2/c1-23-20(24-11-14-9-13-5-3-4-6-17(13)14)25-12-15-10-16(26-2)7-8-18(15)27-19(21)22/h3-8,10,14,19H,9,11-12H2,1-2H3,(H2,23,24,25). The van der Waals surface area contributed by atoms with E-state index in [1.54, 1.807) is 19.2 Å². The molecule has 0 amide bonds. The fourth-order valence-electron chi connectivity index (χ4n) is 3.20. The van der Waals surface area contributed by atoms with Crippen LogP contribution >= 0.6 is 0 Å². The number of guanidine groups is 1. The Balaban J connectivity index is 1.58. The molecule has 3 rings (SSSR count). The number of methoxy groups -OCH3 is 1. The van der Waals surface area contributed by atoms with Crippen molar-refractivity contribution in [3.8, 4) is 11.5 Å². The van der Waals surface area contributed by atoms with Crippen molar-refractivity contribution in [2.75, 3.05) is 20.7 Å². The second-order valence-electron chi connectivity index (χ2n) is 6.26. The Morgan fingerprint density at radius 3 is 2.74 bits per heavy atom. The minimum atomic E-state index is -2.88. The molecule has 0 saturated heterocycles. The molecule has 27 heavy (non-hydrogen) atoms. The largest absolute Gasteiger partial charge is 0.497 e. The van der Waals surface area contributed by atoms with E-state index < -0.39 is 6.61 Å². The monoisotopic (exact) mass is 375 g/mol. The fourth-order valence-corrected chi connectivity index (χ4v) is 3.20. The van der Waals surface area contributed by atoms with E-state index in [9.17, 15) is 8.78 Å². The van der Waals surface area contributed by atoms with Gasteiger partial charge >= 0.3 is 6.61 Å². The van der Waals surface area contributed by atoms with Gasteiger partial charge in [-0.25, -0.2) is 0 Å². The Bertz CT molecular complexity index is 812. The predicted octanol–water partition coefficient (Wildman–Crippen LogP) is 3.30. The summed E-state index contributed by atoms with van der Waals surface area (Å²) in [6.07, 6.45) is 1.04. The van der Waals surface area contributed by atoms with Gasteiger partial charge in [0.2, 0.25) is 0 Å². The minimum Gasteiger partial charge on any atom is -0.497 e. The zero-order valence-electron chi connectivity index (χ0n) is 15.3. The van der Waals surface area contributed by atoms with Gasteiger partial charge in [-0.1, -0.05) is 24.3 Å². The molecule has 2 aromatic rings. The Hall–Kier alpha value is -2.83. The molecule has 1 aliphatic rings. The summed E-state index contributed by atoms with van der Waals surface area (Å²) in [6, 6.07) is 13.1. The van der Waals surface area contributed by atoms with Crippen LogP contribution in [0.25, 0.3) is 0 Å². The molecule has 0 saturated carbocycles. The summed E-state index contributed by atoms with van der Waals surface area (Å²) in [6.45, 7) is -1.84. The lowest BCUT2D eigenvalue weighted by Crippen LogP contribution is -2.40. The van der Waals surface area contributed by atoms with Crippen molar-refractivity contribution in [2.24, 2.45) is 4.99 Å². The first kappa shape index (κ1) is 18.9. The summed E-state index contributed by atoms with van der Waals surface area (Å²) < 4.78 is 35.0. The van der Waals surface area contributed by atoms with Crippen LogP contribution in [0.1, 0.15) is 22.6 Å². The second-order valence-corrected chi connectivity index (χ2v) is 6.26. The first-order valence-corrected chi connectivity index (χ1v) is 8.74. The number of rotatable bonds is 7. The van der Waals surface area contributed by atoms with Gasteiger partial charge in [-0.3, -0.25) is 4.99 Å². The highest BCUT2D eigenvalue weighted by Crippen LogP contribution is 2.34. The number of hydrogen-bond acceptors (Lipinski definition) is 3. The molecule has 0 bridgehead atoms. The normalized spacial score (nSPS) is 15.7. The molecule has 1 aliphatic carbocycles. The van der Waals surface area contributed by atoms with Crippen molar-refractivity contribution in [1.29, 1.82) is 0 Å². The van der Waals surface area contributed by atoms with Crippen molar-refractivity contribution >= 4 is 5.96 Å². The Morgan fingerprint density at radius 2 is 2.04 bits per heavy atom. The number of benzene rings is 2. The van der Waals surface area contributed by atoms with E-state index in [4.69, 9.17) is 4.74 Å². The van der Waals surface area contributed by atoms with Gasteiger partial charge in [0.25, 0.3) is 0 Å². The summed E-state index contributed by atoms with van der Waals surface area (Å²) in [5.74, 6) is 1.74. The molecular weight excluding hydrogens is 352 g/mol. The lowest BCUT2D eigenvalue weighted by Gasteiger charge is -2.30. The van der Waals surface area contributed by atoms with Crippen LogP contribution in [-0.2, 0) is 13.0 Å². The van der Waals surface area contributed by atoms with Gasteiger partial charge in [0.15, 0.2) is 5.96 Å². The van der Waals surface area contributed by atoms with Gasteiger partial charge < -0.3 is 20.1 Å². The van der Waals surface area contributed by atoms with E-state index in [-0.39, 0.29) is 12.3 Å². The third kappa shape index (κ3) is 4.67. The molecule has 1 unspecified atom stereocenters. The van der Waals surface area contributed by atoms with Crippen LogP contribution in [0.4, 0.5) is 8.78 Å². The molecule has 0 heterocycles. The highest BCUT2D eigenvalue weighted by molar-refractivity contribution is 5.79. The molecule has 144 valence electrons. The average molecular weight is 375 g/mol. The van der Waals surface area contributed by atoms with Crippen LogP contribution in [0.3, 0.4) is 0 Å². The van der Waals surface area contributed by atoms with E-state index in [1.165, 1.54) is 24.3 Å². The molecule has 0 aromatic heterocycles. The van der Waals surface area contributed by atoms with E-state index >= 15 is 0 Å². The number of alkyl halides is 2. The smallest absolute Gasteiger partial charge is 0.387 e. The van der Waals surface area contributed by atoms with Gasteiger partial charge in [0, 0.05) is 31.6 Å². The Kier molecular flexibility index (Phi) is 6.11. The zero-order chi connectivity index (χ0) is 19.2. The molecule has 2 N–H and O–H groups in total. The van der Waals surface area contributed by atoms with Gasteiger partial charge in [0.05, 0.1) is 7.11 Å². The maximum atomic E-state index is 12.6. The highest BCUT2D eigenvalue weighted by atomic mass is 19.3. The van der Waals surface area contributed by atoms with E-state index in [0.717, 1.165) is 13.0 Å². The van der Waals surface area contributed by atoms with Gasteiger partial charge in [-0.15, -0.1) is 0 Å². The maximum absolute atomic E-state index is 12.6. The molecule has 0 fully saturated rings. The van der Waals surface area contributed by atoms with Crippen LogP contribution in [0.2, 0.25) is 0 Å². The summed E-state index contributed by atoms with van der Waals surface area (Å²) in [7, 11) is 3.20. The van der Waals surface area contributed by atoms with E-state index in [1.807, 2.05) is 6.07 Å². The number of fused-ring (bicyclic) bond motifs is 1. The lowest BCUT2D eigenvalue weighted by molar-refractivity contribution is -0.0504. The molecule has 5 nitrogen and oxygen atoms in total. The van der Waals surface area contributed by atoms with Crippen LogP contribution in [0.5, 0.6) is 11.5 Å². The van der Waals surface area contributed by atoms with Gasteiger partial charge in [-0.2, -0.15) is 8.78 Å². The van der Waals surface area contributed by atoms with Crippen molar-refractivity contribution in [2.45, 2.75) is 25.5 Å². The number of ether oxygens (including phenoxy) is 2. The van der Waals surface area contributed by atoms with E-state index in [2.05, 4.69) is 38.6 Å². The highest BCUT2D eigenvalue weighted by Gasteiger charge is 2.25. The number of hydrogen-bond donors (Lipinski definition) is 2. The van der Waals surface area contributed by atoms with Gasteiger partial charge in [0.1, 0.15) is 11.5 Å². The van der Waals surface area contributed by atoms with Crippen LogP contribution in [0.15, 0.2) is 47.5 Å². The molecule has 2 aromatic carbocycles. The number of nitrogens with zero attached hydrogens (tertiary/aromatic N) is 1. The molecule has 0 spiro atoms. The van der Waals surface area contributed by atoms with Crippen molar-refractivity contribution < 1.29 is 18.3 Å². The molecule has 1 atom stereocenters. The SMILES string of the molecule is CN=C(NCc1cc(OC)ccc1OC(F)F)NCC1Cc2ccccc21. The zero-order valence-corrected chi connectivity index (χ0v) is 15.3. The topological polar surface area (TPSA) is 54.9 Å². The van der Waals surface area contributed by atoms with Crippen molar-refractivity contribution in [3.05, 3.63) is 59.2 Å². The minimum absolute atomic E-state index is 0.113. The lowest BCUT2D eigenvalue weighted by atomic mass is 9.78. The van der Waals surface area contributed by atoms with Gasteiger partial charge in [-0.05, 0) is 35.7 Å². The Labute approximate surface area is 157 Å². The van der Waals surface area contributed by atoms with Crippen molar-refractivity contribution in [3.63, 3.8) is 0 Å². The first-order valence-electron chi connectivity index (χ1n) is 8.74. The summed E-state index contributed by atoms with van der Waals surface area (Å²) in [4.78, 5) is 4.20. The predicted molar refractivity (Wildman–Crippen MR) is 101 cm³/mol. The average Bonchev–Trinajstić information content (AvgIpc) is 2.65. The number of halogens is 2. The maximum Gasteiger partial charge on any atom is 0.387 e. The van der Waals surface area contributed by atoms with Crippen LogP contribution in [-0.4, -0.2) is 33.3 Å². The number of aliphatic imine (C=N–C) groups is 1. The third-order valence-electron chi connectivity index (χ3n) is 4.63. The molecule has 0 aliphatic heterocycles. The fraction of sp³-hybridized carbons (Fsp3) is 0.350. The first-order chi connectivity index (χ1) is 13.1. The van der Waals surface area contributed by atoms with E-state index in [0.29, 0.717) is 23.2 Å². The third-order valence-corrected chi connectivity index (χ3v) is 4.63. The van der Waals surface area contributed by atoms with Crippen LogP contribution in [0, 0.1) is 0 Å². The number of nitrogens with one attached hydrogen (secondary N) is 2. The molecular formula is C20H23F2N3O2. The molecule has 7 heteroatoms.